The van der Waals surface area contributed by atoms with E-state index in [0.29, 0.717) is 6.04 Å². The molecular formula is C15H18BrNOS. The summed E-state index contributed by atoms with van der Waals surface area (Å²) in [6, 6.07) is 10.8. The molecule has 102 valence electrons. The second-order valence-corrected chi connectivity index (χ2v) is 6.44. The van der Waals surface area contributed by atoms with Crippen molar-refractivity contribution in [3.63, 3.8) is 0 Å². The number of methoxy groups -OCH3 is 1. The molecule has 0 aliphatic carbocycles. The second kappa shape index (κ2) is 7.08. The summed E-state index contributed by atoms with van der Waals surface area (Å²) in [4.78, 5) is 1.35. The van der Waals surface area contributed by atoms with Gasteiger partial charge in [-0.25, -0.2) is 0 Å². The normalized spacial score (nSPS) is 12.4. The average Bonchev–Trinajstić information content (AvgIpc) is 2.83. The smallest absolute Gasteiger partial charge is 0.122 e. The predicted molar refractivity (Wildman–Crippen MR) is 85.0 cm³/mol. The van der Waals surface area contributed by atoms with Crippen LogP contribution in [-0.2, 0) is 13.0 Å². The molecule has 0 fully saturated rings. The standard InChI is InChI=1S/C15H18BrNOS/c1-11(17-9-14-8-13(16)10-19-14)7-12-5-3-4-6-15(12)18-2/h3-6,8,10-11,17H,7,9H2,1-2H3. The van der Waals surface area contributed by atoms with Crippen molar-refractivity contribution in [2.45, 2.75) is 25.9 Å². The Bertz CT molecular complexity index is 526. The maximum absolute atomic E-state index is 5.38. The number of hydrogen-bond donors (Lipinski definition) is 1. The zero-order valence-corrected chi connectivity index (χ0v) is 13.6. The molecule has 0 spiro atoms. The largest absolute Gasteiger partial charge is 0.496 e. The number of hydrogen-bond acceptors (Lipinski definition) is 3. The van der Waals surface area contributed by atoms with Crippen molar-refractivity contribution >= 4 is 27.3 Å². The fraction of sp³-hybridized carbons (Fsp3) is 0.333. The Balaban J connectivity index is 1.88. The van der Waals surface area contributed by atoms with Crippen LogP contribution in [0.15, 0.2) is 40.2 Å². The predicted octanol–water partition coefficient (Wildman–Crippen LogP) is 4.24. The van der Waals surface area contributed by atoms with E-state index in [1.165, 1.54) is 10.4 Å². The van der Waals surface area contributed by atoms with Crippen molar-refractivity contribution in [2.75, 3.05) is 7.11 Å². The lowest BCUT2D eigenvalue weighted by atomic mass is 10.1. The molecule has 2 nitrogen and oxygen atoms in total. The van der Waals surface area contributed by atoms with Crippen LogP contribution in [-0.4, -0.2) is 13.2 Å². The first-order valence-corrected chi connectivity index (χ1v) is 7.94. The zero-order chi connectivity index (χ0) is 13.7. The van der Waals surface area contributed by atoms with Crippen LogP contribution in [0.25, 0.3) is 0 Å². The van der Waals surface area contributed by atoms with Crippen molar-refractivity contribution in [2.24, 2.45) is 0 Å². The summed E-state index contributed by atoms with van der Waals surface area (Å²) < 4.78 is 6.54. The summed E-state index contributed by atoms with van der Waals surface area (Å²) in [6.07, 6.45) is 0.969. The van der Waals surface area contributed by atoms with Crippen molar-refractivity contribution in [3.8, 4) is 5.75 Å². The number of para-hydroxylation sites is 1. The lowest BCUT2D eigenvalue weighted by Crippen LogP contribution is -2.27. The van der Waals surface area contributed by atoms with E-state index in [9.17, 15) is 0 Å². The average molecular weight is 340 g/mol. The molecule has 4 heteroatoms. The molecule has 0 aliphatic heterocycles. The van der Waals surface area contributed by atoms with Crippen LogP contribution in [0.5, 0.6) is 5.75 Å². The third-order valence-electron chi connectivity index (χ3n) is 2.97. The van der Waals surface area contributed by atoms with Gasteiger partial charge in [-0.2, -0.15) is 0 Å². The first-order chi connectivity index (χ1) is 9.19. The molecule has 0 radical (unpaired) electrons. The van der Waals surface area contributed by atoms with Crippen molar-refractivity contribution in [1.82, 2.24) is 5.32 Å². The van der Waals surface area contributed by atoms with Gasteiger partial charge in [0.25, 0.3) is 0 Å². The third kappa shape index (κ3) is 4.34. The Morgan fingerprint density at radius 1 is 1.37 bits per heavy atom. The Morgan fingerprint density at radius 2 is 2.16 bits per heavy atom. The van der Waals surface area contributed by atoms with E-state index in [1.807, 2.05) is 12.1 Å². The quantitative estimate of drug-likeness (QED) is 0.849. The Kier molecular flexibility index (Phi) is 5.43. The first-order valence-electron chi connectivity index (χ1n) is 6.27. The van der Waals surface area contributed by atoms with Gasteiger partial charge in [-0.1, -0.05) is 18.2 Å². The molecule has 1 heterocycles. The molecule has 1 atom stereocenters. The van der Waals surface area contributed by atoms with Gasteiger partial charge in [0.05, 0.1) is 7.11 Å². The second-order valence-electron chi connectivity index (χ2n) is 4.53. The van der Waals surface area contributed by atoms with Crippen LogP contribution in [0.4, 0.5) is 0 Å². The summed E-state index contributed by atoms with van der Waals surface area (Å²) in [5.41, 5.74) is 1.25. The molecule has 2 rings (SSSR count). The van der Waals surface area contributed by atoms with Crippen LogP contribution < -0.4 is 10.1 Å². The van der Waals surface area contributed by atoms with Crippen LogP contribution in [0.3, 0.4) is 0 Å². The minimum Gasteiger partial charge on any atom is -0.496 e. The molecule has 0 amide bonds. The van der Waals surface area contributed by atoms with E-state index in [0.717, 1.165) is 23.2 Å². The molecule has 1 unspecified atom stereocenters. The SMILES string of the molecule is COc1ccccc1CC(C)NCc1cc(Br)cs1. The summed E-state index contributed by atoms with van der Waals surface area (Å²) >= 11 is 5.25. The molecule has 2 aromatic rings. The molecular weight excluding hydrogens is 322 g/mol. The van der Waals surface area contributed by atoms with Gasteiger partial charge in [0.15, 0.2) is 0 Å². The number of ether oxygens (including phenoxy) is 1. The van der Waals surface area contributed by atoms with E-state index in [-0.39, 0.29) is 0 Å². The lowest BCUT2D eigenvalue weighted by Gasteiger charge is -2.15. The molecule has 1 aromatic heterocycles. The molecule has 19 heavy (non-hydrogen) atoms. The highest BCUT2D eigenvalue weighted by Gasteiger charge is 2.08. The number of halogens is 1. The van der Waals surface area contributed by atoms with Gasteiger partial charge in [-0.3, -0.25) is 0 Å². The molecule has 1 aromatic carbocycles. The minimum absolute atomic E-state index is 0.414. The molecule has 1 N–H and O–H groups in total. The van der Waals surface area contributed by atoms with Gasteiger partial charge < -0.3 is 10.1 Å². The van der Waals surface area contributed by atoms with Gasteiger partial charge in [-0.15, -0.1) is 11.3 Å². The highest BCUT2D eigenvalue weighted by molar-refractivity contribution is 9.10. The van der Waals surface area contributed by atoms with Crippen LogP contribution in [0, 0.1) is 0 Å². The molecule has 0 bridgehead atoms. The summed E-state index contributed by atoms with van der Waals surface area (Å²) in [5.74, 6) is 0.968. The fourth-order valence-corrected chi connectivity index (χ4v) is 3.40. The van der Waals surface area contributed by atoms with Gasteiger partial charge >= 0.3 is 0 Å². The van der Waals surface area contributed by atoms with Gasteiger partial charge in [-0.05, 0) is 47.0 Å². The number of nitrogens with one attached hydrogen (secondary N) is 1. The number of thiophene rings is 1. The van der Waals surface area contributed by atoms with Crippen LogP contribution in [0.1, 0.15) is 17.4 Å². The minimum atomic E-state index is 0.414. The Labute approximate surface area is 126 Å². The molecule has 0 aliphatic rings. The first kappa shape index (κ1) is 14.6. The van der Waals surface area contributed by atoms with Gasteiger partial charge in [0.1, 0.15) is 5.75 Å². The van der Waals surface area contributed by atoms with E-state index in [4.69, 9.17) is 4.74 Å². The van der Waals surface area contributed by atoms with Crippen molar-refractivity contribution in [3.05, 3.63) is 50.6 Å². The van der Waals surface area contributed by atoms with Gasteiger partial charge in [0, 0.05) is 27.3 Å². The van der Waals surface area contributed by atoms with E-state index < -0.39 is 0 Å². The maximum Gasteiger partial charge on any atom is 0.122 e. The monoisotopic (exact) mass is 339 g/mol. The lowest BCUT2D eigenvalue weighted by molar-refractivity contribution is 0.406. The van der Waals surface area contributed by atoms with Crippen LogP contribution in [0.2, 0.25) is 0 Å². The number of rotatable bonds is 6. The van der Waals surface area contributed by atoms with Gasteiger partial charge in [0.2, 0.25) is 0 Å². The van der Waals surface area contributed by atoms with E-state index in [1.54, 1.807) is 18.4 Å². The third-order valence-corrected chi connectivity index (χ3v) is 4.66. The van der Waals surface area contributed by atoms with Crippen molar-refractivity contribution in [1.29, 1.82) is 0 Å². The summed E-state index contributed by atoms with van der Waals surface area (Å²) in [6.45, 7) is 3.11. The molecule has 0 saturated heterocycles. The highest BCUT2D eigenvalue weighted by Crippen LogP contribution is 2.21. The summed E-state index contributed by atoms with van der Waals surface area (Å²) in [5, 5.41) is 5.66. The van der Waals surface area contributed by atoms with Crippen molar-refractivity contribution < 1.29 is 4.74 Å². The van der Waals surface area contributed by atoms with Crippen LogP contribution >= 0.6 is 27.3 Å². The topological polar surface area (TPSA) is 21.3 Å². The Morgan fingerprint density at radius 3 is 2.84 bits per heavy atom. The van der Waals surface area contributed by atoms with E-state index >= 15 is 0 Å². The summed E-state index contributed by atoms with van der Waals surface area (Å²) in [7, 11) is 1.72. The zero-order valence-electron chi connectivity index (χ0n) is 11.2. The number of benzene rings is 1. The van der Waals surface area contributed by atoms with E-state index in [2.05, 4.69) is 51.7 Å². The Hall–Kier alpha value is -0.840. The fourth-order valence-electron chi connectivity index (χ4n) is 1.99. The maximum atomic E-state index is 5.38. The molecule has 0 saturated carbocycles. The highest BCUT2D eigenvalue weighted by atomic mass is 79.9.